The van der Waals surface area contributed by atoms with Crippen LogP contribution in [-0.2, 0) is 4.79 Å². The predicted octanol–water partition coefficient (Wildman–Crippen LogP) is 1.37. The Morgan fingerprint density at radius 2 is 2.15 bits per heavy atom. The van der Waals surface area contributed by atoms with Crippen LogP contribution in [0.3, 0.4) is 0 Å². The zero-order valence-electron chi connectivity index (χ0n) is 11.3. The van der Waals surface area contributed by atoms with Crippen LogP contribution in [-0.4, -0.2) is 39.2 Å². The van der Waals surface area contributed by atoms with Gasteiger partial charge in [0.1, 0.15) is 4.88 Å². The van der Waals surface area contributed by atoms with Gasteiger partial charge < -0.3 is 15.5 Å². The molecule has 110 valence electrons. The molecule has 1 saturated carbocycles. The van der Waals surface area contributed by atoms with E-state index in [9.17, 15) is 14.7 Å². The summed E-state index contributed by atoms with van der Waals surface area (Å²) >= 11 is 1.25. The Hall–Kier alpha value is -1.47. The van der Waals surface area contributed by atoms with E-state index >= 15 is 0 Å². The van der Waals surface area contributed by atoms with Crippen LogP contribution in [0, 0.1) is 0 Å². The molecule has 1 aromatic heterocycles. The second-order valence-corrected chi connectivity index (χ2v) is 6.16. The molecule has 1 aliphatic rings. The molecule has 1 aliphatic carbocycles. The lowest BCUT2D eigenvalue weighted by molar-refractivity contribution is -0.155. The molecule has 2 rings (SSSR count). The highest BCUT2D eigenvalue weighted by Gasteiger charge is 2.31. The maximum atomic E-state index is 12.1. The van der Waals surface area contributed by atoms with Crippen molar-refractivity contribution < 1.29 is 19.8 Å². The number of aliphatic hydroxyl groups is 1. The number of nitrogens with zero attached hydrogens (tertiary/aromatic N) is 1. The fourth-order valence-corrected chi connectivity index (χ4v) is 3.11. The molecule has 0 aromatic carbocycles. The Labute approximate surface area is 120 Å². The van der Waals surface area contributed by atoms with Crippen molar-refractivity contribution in [3.8, 4) is 0 Å². The molecule has 1 heterocycles. The standard InChI is InChI=1S/C13H18N2O4S/c1-13(19,12(17)18)6-14-11(16)10-9(15-7-20-10)8-4-2-3-5-8/h7-8,19H,2-6H2,1H3,(H,14,16)(H,17,18). The average Bonchev–Trinajstić information content (AvgIpc) is 3.05. The molecule has 6 nitrogen and oxygen atoms in total. The van der Waals surface area contributed by atoms with Crippen molar-refractivity contribution >= 4 is 23.2 Å². The zero-order chi connectivity index (χ0) is 14.8. The quantitative estimate of drug-likeness (QED) is 0.762. The van der Waals surface area contributed by atoms with Crippen LogP contribution in [0.4, 0.5) is 0 Å². The maximum absolute atomic E-state index is 12.1. The first kappa shape index (κ1) is 14.9. The summed E-state index contributed by atoms with van der Waals surface area (Å²) in [5, 5.41) is 20.9. The average molecular weight is 298 g/mol. The minimum absolute atomic E-state index is 0.321. The van der Waals surface area contributed by atoms with E-state index in [1.54, 1.807) is 5.51 Å². The first-order valence-corrected chi connectivity index (χ1v) is 7.47. The first-order chi connectivity index (χ1) is 9.42. The van der Waals surface area contributed by atoms with E-state index in [1.165, 1.54) is 11.3 Å². The van der Waals surface area contributed by atoms with Gasteiger partial charge in [-0.05, 0) is 19.8 Å². The Bertz CT molecular complexity index is 506. The summed E-state index contributed by atoms with van der Waals surface area (Å²) in [5.74, 6) is -1.41. The summed E-state index contributed by atoms with van der Waals surface area (Å²) < 4.78 is 0. The lowest BCUT2D eigenvalue weighted by Gasteiger charge is -2.18. The molecule has 0 spiro atoms. The minimum atomic E-state index is -1.96. The molecule has 7 heteroatoms. The van der Waals surface area contributed by atoms with Gasteiger partial charge in [0, 0.05) is 5.92 Å². The van der Waals surface area contributed by atoms with Gasteiger partial charge in [0.05, 0.1) is 17.7 Å². The van der Waals surface area contributed by atoms with Gasteiger partial charge in [-0.2, -0.15) is 0 Å². The summed E-state index contributed by atoms with van der Waals surface area (Å²) in [4.78, 5) is 27.7. The van der Waals surface area contributed by atoms with Gasteiger partial charge in [0.15, 0.2) is 5.60 Å². The minimum Gasteiger partial charge on any atom is -0.479 e. The van der Waals surface area contributed by atoms with E-state index in [-0.39, 0.29) is 12.5 Å². The van der Waals surface area contributed by atoms with Gasteiger partial charge in [-0.15, -0.1) is 11.3 Å². The van der Waals surface area contributed by atoms with E-state index in [4.69, 9.17) is 5.11 Å². The van der Waals surface area contributed by atoms with Crippen LogP contribution in [0.1, 0.15) is 53.9 Å². The molecule has 3 N–H and O–H groups in total. The summed E-state index contributed by atoms with van der Waals surface area (Å²) in [6.45, 7) is 0.823. The monoisotopic (exact) mass is 298 g/mol. The van der Waals surface area contributed by atoms with Crippen molar-refractivity contribution in [2.24, 2.45) is 0 Å². The highest BCUT2D eigenvalue weighted by molar-refractivity contribution is 7.11. The molecular weight excluding hydrogens is 280 g/mol. The molecule has 1 atom stereocenters. The fourth-order valence-electron chi connectivity index (χ4n) is 2.32. The van der Waals surface area contributed by atoms with Crippen LogP contribution in [0.25, 0.3) is 0 Å². The zero-order valence-corrected chi connectivity index (χ0v) is 12.1. The summed E-state index contributed by atoms with van der Waals surface area (Å²) in [5.41, 5.74) is 0.478. The molecule has 0 aliphatic heterocycles. The third kappa shape index (κ3) is 3.16. The SMILES string of the molecule is CC(O)(CNC(=O)c1scnc1C1CCCC1)C(=O)O. The molecule has 1 fully saturated rings. The first-order valence-electron chi connectivity index (χ1n) is 6.59. The number of amides is 1. The second kappa shape index (κ2) is 5.88. The Morgan fingerprint density at radius 3 is 2.75 bits per heavy atom. The second-order valence-electron chi connectivity index (χ2n) is 5.31. The lowest BCUT2D eigenvalue weighted by Crippen LogP contribution is -2.46. The van der Waals surface area contributed by atoms with Crippen LogP contribution in [0.15, 0.2) is 5.51 Å². The molecular formula is C13H18N2O4S. The Morgan fingerprint density at radius 1 is 1.50 bits per heavy atom. The van der Waals surface area contributed by atoms with Gasteiger partial charge in [0.25, 0.3) is 5.91 Å². The molecule has 20 heavy (non-hydrogen) atoms. The molecule has 0 saturated heterocycles. The van der Waals surface area contributed by atoms with Crippen molar-refractivity contribution in [2.45, 2.75) is 44.1 Å². The van der Waals surface area contributed by atoms with Crippen molar-refractivity contribution in [3.05, 3.63) is 16.1 Å². The number of rotatable bonds is 5. The van der Waals surface area contributed by atoms with Gasteiger partial charge in [-0.3, -0.25) is 4.79 Å². The van der Waals surface area contributed by atoms with Gasteiger partial charge in [-0.25, -0.2) is 9.78 Å². The summed E-state index contributed by atoms with van der Waals surface area (Å²) in [7, 11) is 0. The van der Waals surface area contributed by atoms with E-state index in [1.807, 2.05) is 0 Å². The number of aliphatic carboxylic acids is 1. The number of carboxylic acids is 1. The van der Waals surface area contributed by atoms with E-state index in [0.29, 0.717) is 10.8 Å². The number of carbonyl (C=O) groups is 2. The van der Waals surface area contributed by atoms with E-state index < -0.39 is 11.6 Å². The number of nitrogens with one attached hydrogen (secondary N) is 1. The van der Waals surface area contributed by atoms with Crippen molar-refractivity contribution in [3.63, 3.8) is 0 Å². The Balaban J connectivity index is 2.03. The maximum Gasteiger partial charge on any atom is 0.337 e. The number of carboxylic acid groups (broad SMARTS) is 1. The predicted molar refractivity (Wildman–Crippen MR) is 73.9 cm³/mol. The normalized spacial score (nSPS) is 18.7. The lowest BCUT2D eigenvalue weighted by atomic mass is 10.0. The van der Waals surface area contributed by atoms with Crippen molar-refractivity contribution in [1.29, 1.82) is 0 Å². The van der Waals surface area contributed by atoms with Crippen LogP contribution in [0.5, 0.6) is 0 Å². The molecule has 1 unspecified atom stereocenters. The third-order valence-corrected chi connectivity index (χ3v) is 4.44. The molecule has 1 aromatic rings. The summed E-state index contributed by atoms with van der Waals surface area (Å²) in [6, 6.07) is 0. The number of hydrogen-bond acceptors (Lipinski definition) is 5. The largest absolute Gasteiger partial charge is 0.479 e. The topological polar surface area (TPSA) is 99.5 Å². The summed E-state index contributed by atoms with van der Waals surface area (Å²) in [6.07, 6.45) is 4.38. The highest BCUT2D eigenvalue weighted by Crippen LogP contribution is 2.36. The number of aromatic nitrogens is 1. The molecule has 0 radical (unpaired) electrons. The van der Waals surface area contributed by atoms with Crippen LogP contribution >= 0.6 is 11.3 Å². The number of hydrogen-bond donors (Lipinski definition) is 3. The van der Waals surface area contributed by atoms with Crippen LogP contribution < -0.4 is 5.32 Å². The van der Waals surface area contributed by atoms with Crippen LogP contribution in [0.2, 0.25) is 0 Å². The van der Waals surface area contributed by atoms with Crippen molar-refractivity contribution in [2.75, 3.05) is 6.54 Å². The third-order valence-electron chi connectivity index (χ3n) is 3.60. The van der Waals surface area contributed by atoms with Gasteiger partial charge >= 0.3 is 5.97 Å². The van der Waals surface area contributed by atoms with Gasteiger partial charge in [0.2, 0.25) is 0 Å². The van der Waals surface area contributed by atoms with E-state index in [2.05, 4.69) is 10.3 Å². The van der Waals surface area contributed by atoms with E-state index in [0.717, 1.165) is 38.3 Å². The van der Waals surface area contributed by atoms with Crippen molar-refractivity contribution in [1.82, 2.24) is 10.3 Å². The molecule has 1 amide bonds. The fraction of sp³-hybridized carbons (Fsp3) is 0.615. The molecule has 0 bridgehead atoms. The number of carbonyl (C=O) groups excluding carboxylic acids is 1. The smallest absolute Gasteiger partial charge is 0.337 e. The van der Waals surface area contributed by atoms with Gasteiger partial charge in [-0.1, -0.05) is 12.8 Å². The Kier molecular flexibility index (Phi) is 4.39. The number of thiazole rings is 1. The highest BCUT2D eigenvalue weighted by atomic mass is 32.1.